The van der Waals surface area contributed by atoms with Crippen LogP contribution in [0.1, 0.15) is 35.5 Å². The predicted octanol–water partition coefficient (Wildman–Crippen LogP) is 2.32. The fourth-order valence-corrected chi connectivity index (χ4v) is 3.65. The molecule has 1 aliphatic rings. The van der Waals surface area contributed by atoms with Crippen LogP contribution < -0.4 is 5.56 Å². The summed E-state index contributed by atoms with van der Waals surface area (Å²) in [6.07, 6.45) is -6.17. The maximum Gasteiger partial charge on any atom is 0.449 e. The van der Waals surface area contributed by atoms with Gasteiger partial charge in [-0.05, 0) is 37.6 Å². The number of hydrogen-bond donors (Lipinski definition) is 4. The lowest BCUT2D eigenvalue weighted by atomic mass is 10.0. The number of benzene rings is 1. The van der Waals surface area contributed by atoms with Gasteiger partial charge in [0.15, 0.2) is 0 Å². The molecule has 8 nitrogen and oxygen atoms in total. The van der Waals surface area contributed by atoms with Crippen molar-refractivity contribution in [1.82, 2.24) is 20.0 Å². The van der Waals surface area contributed by atoms with Gasteiger partial charge >= 0.3 is 6.18 Å². The molecule has 2 unspecified atom stereocenters. The van der Waals surface area contributed by atoms with Gasteiger partial charge in [0.05, 0.1) is 12.2 Å². The minimum Gasteiger partial charge on any atom is -0.374 e. The minimum atomic E-state index is -4.91. The van der Waals surface area contributed by atoms with E-state index in [0.717, 1.165) is 6.07 Å². The van der Waals surface area contributed by atoms with Gasteiger partial charge in [-0.25, -0.2) is 9.49 Å². The zero-order valence-electron chi connectivity index (χ0n) is 17.3. The number of aromatic amines is 1. The largest absolute Gasteiger partial charge is 0.449 e. The predicted molar refractivity (Wildman–Crippen MR) is 108 cm³/mol. The number of alkyl halides is 3. The van der Waals surface area contributed by atoms with Crippen molar-refractivity contribution in [3.8, 4) is 0 Å². The molecule has 12 heteroatoms. The fourth-order valence-electron chi connectivity index (χ4n) is 3.65. The van der Waals surface area contributed by atoms with Crippen molar-refractivity contribution in [3.05, 3.63) is 62.8 Å². The van der Waals surface area contributed by atoms with Crippen LogP contribution in [0.3, 0.4) is 0 Å². The van der Waals surface area contributed by atoms with E-state index in [4.69, 9.17) is 10.8 Å². The minimum absolute atomic E-state index is 0.0944. The molecule has 172 valence electrons. The van der Waals surface area contributed by atoms with Gasteiger partial charge in [-0.15, -0.1) is 0 Å². The summed E-state index contributed by atoms with van der Waals surface area (Å²) in [5.41, 5.74) is 1.18. The molecular formula is C20H22F4N6O2. The first kappa shape index (κ1) is 23.5. The monoisotopic (exact) mass is 454 g/mol. The molecule has 2 aromatic rings. The van der Waals surface area contributed by atoms with Crippen LogP contribution in [0, 0.1) is 23.6 Å². The Labute approximate surface area is 180 Å². The van der Waals surface area contributed by atoms with E-state index < -0.39 is 42.5 Å². The molecule has 1 saturated heterocycles. The summed E-state index contributed by atoms with van der Waals surface area (Å²) in [5.74, 6) is -2.88. The molecular weight excluding hydrogens is 432 g/mol. The van der Waals surface area contributed by atoms with E-state index in [-0.39, 0.29) is 24.1 Å². The third-order valence-corrected chi connectivity index (χ3v) is 5.20. The number of aliphatic hydroxyl groups is 1. The van der Waals surface area contributed by atoms with E-state index in [1.54, 1.807) is 13.0 Å². The first-order chi connectivity index (χ1) is 14.9. The van der Waals surface area contributed by atoms with Crippen molar-refractivity contribution >= 4 is 11.7 Å². The number of aliphatic hydroxyl groups excluding tert-OH is 1. The molecule has 0 spiro atoms. The Morgan fingerprint density at radius 3 is 2.66 bits per heavy atom. The van der Waals surface area contributed by atoms with Crippen molar-refractivity contribution in [2.24, 2.45) is 0 Å². The number of halogens is 4. The normalized spacial score (nSPS) is 18.7. The Bertz CT molecular complexity index is 1100. The lowest BCUT2D eigenvalue weighted by molar-refractivity contribution is -0.0714. The van der Waals surface area contributed by atoms with Crippen molar-refractivity contribution in [2.75, 3.05) is 13.1 Å². The molecule has 1 aromatic heterocycles. The van der Waals surface area contributed by atoms with Crippen molar-refractivity contribution in [3.63, 3.8) is 0 Å². The van der Waals surface area contributed by atoms with Gasteiger partial charge in [0, 0.05) is 30.1 Å². The maximum atomic E-state index is 14.5. The lowest BCUT2D eigenvalue weighted by Crippen LogP contribution is -2.60. The van der Waals surface area contributed by atoms with Crippen LogP contribution in [-0.2, 0) is 6.42 Å². The van der Waals surface area contributed by atoms with E-state index in [9.17, 15) is 27.5 Å². The van der Waals surface area contributed by atoms with Crippen LogP contribution in [0.25, 0.3) is 0 Å². The number of H-pyrrole nitrogens is 1. The number of aromatic nitrogens is 2. The van der Waals surface area contributed by atoms with Gasteiger partial charge in [-0.2, -0.15) is 18.3 Å². The fraction of sp³-hybridized carbons (Fsp3) is 0.400. The van der Waals surface area contributed by atoms with Crippen LogP contribution in [0.2, 0.25) is 0 Å². The summed E-state index contributed by atoms with van der Waals surface area (Å²) < 4.78 is 53.3. The molecule has 0 radical (unpaired) electrons. The molecule has 32 heavy (non-hydrogen) atoms. The Morgan fingerprint density at radius 1 is 1.38 bits per heavy atom. The van der Waals surface area contributed by atoms with Crippen LogP contribution in [0.15, 0.2) is 29.1 Å². The summed E-state index contributed by atoms with van der Waals surface area (Å²) in [4.78, 5) is 13.3. The second-order valence-electron chi connectivity index (χ2n) is 7.72. The van der Waals surface area contributed by atoms with Gasteiger partial charge < -0.3 is 10.0 Å². The quantitative estimate of drug-likeness (QED) is 0.321. The lowest BCUT2D eigenvalue weighted by Gasteiger charge is -2.43. The van der Waals surface area contributed by atoms with Gasteiger partial charge in [0.25, 0.3) is 5.56 Å². The summed E-state index contributed by atoms with van der Waals surface area (Å²) in [6.45, 7) is 2.50. The van der Waals surface area contributed by atoms with Crippen molar-refractivity contribution < 1.29 is 22.7 Å². The zero-order chi connectivity index (χ0) is 23.8. The second-order valence-corrected chi connectivity index (χ2v) is 7.72. The second kappa shape index (κ2) is 8.79. The maximum absolute atomic E-state index is 14.5. The molecule has 2 atom stereocenters. The topological polar surface area (TPSA) is 120 Å². The van der Waals surface area contributed by atoms with Gasteiger partial charge in [-0.1, -0.05) is 6.07 Å². The van der Waals surface area contributed by atoms with Crippen LogP contribution in [-0.4, -0.2) is 62.1 Å². The highest BCUT2D eigenvalue weighted by atomic mass is 19.4. The van der Waals surface area contributed by atoms with Crippen molar-refractivity contribution in [1.29, 1.82) is 10.8 Å². The third-order valence-electron chi connectivity index (χ3n) is 5.20. The number of piperazine rings is 1. The number of nitrogens with zero attached hydrogens (tertiary/aromatic N) is 3. The number of nitrogens with one attached hydrogen (secondary N) is 3. The average molecular weight is 454 g/mol. The highest BCUT2D eigenvalue weighted by molar-refractivity contribution is 6.02. The molecule has 4 N–H and O–H groups in total. The number of hydrogen-bond acceptors (Lipinski definition) is 6. The van der Waals surface area contributed by atoms with Crippen LogP contribution in [0.5, 0.6) is 0 Å². The molecule has 0 amide bonds. The molecule has 2 heterocycles. The van der Waals surface area contributed by atoms with E-state index in [2.05, 4.69) is 10.2 Å². The third kappa shape index (κ3) is 4.86. The van der Waals surface area contributed by atoms with Crippen LogP contribution in [0.4, 0.5) is 17.6 Å². The molecule has 0 aliphatic carbocycles. The molecule has 0 saturated carbocycles. The van der Waals surface area contributed by atoms with E-state index in [0.29, 0.717) is 21.7 Å². The summed E-state index contributed by atoms with van der Waals surface area (Å²) in [6, 6.07) is 4.74. The summed E-state index contributed by atoms with van der Waals surface area (Å²) in [7, 11) is 0. The van der Waals surface area contributed by atoms with Crippen molar-refractivity contribution in [2.45, 2.75) is 38.7 Å². The molecule has 1 fully saturated rings. The first-order valence-corrected chi connectivity index (χ1v) is 9.66. The molecule has 0 bridgehead atoms. The smallest absolute Gasteiger partial charge is 0.374 e. The highest BCUT2D eigenvalue weighted by Crippen LogP contribution is 2.28. The SMILES string of the molecule is Cc1cc(Cc2ccc(F)c(C(O)N3CC(=N)N(C(=N)C(F)(F)F)C(C)C3)c2)n[nH]c1=O. The Hall–Kier alpha value is -3.12. The van der Waals surface area contributed by atoms with E-state index in [1.165, 1.54) is 24.0 Å². The van der Waals surface area contributed by atoms with E-state index in [1.807, 2.05) is 0 Å². The molecule has 3 rings (SSSR count). The Kier molecular flexibility index (Phi) is 6.46. The number of amidine groups is 2. The number of aryl methyl sites for hydroxylation is 1. The van der Waals surface area contributed by atoms with Crippen LogP contribution >= 0.6 is 0 Å². The van der Waals surface area contributed by atoms with Gasteiger partial charge in [0.1, 0.15) is 17.9 Å². The molecule has 1 aliphatic heterocycles. The number of rotatable bonds is 4. The average Bonchev–Trinajstić information content (AvgIpc) is 2.70. The standard InChI is InChI=1S/C20H22F4N6O2/c1-10-5-13(27-28-17(10)31)6-12-3-4-15(21)14(7-12)18(32)29-8-11(2)30(16(25)9-29)19(26)20(22,23)24/h3-5,7,11,18,25-26,32H,6,8-9H2,1-2H3,(H,28,31). The summed E-state index contributed by atoms with van der Waals surface area (Å²) >= 11 is 0. The van der Waals surface area contributed by atoms with E-state index >= 15 is 0 Å². The zero-order valence-corrected chi connectivity index (χ0v) is 17.3. The first-order valence-electron chi connectivity index (χ1n) is 9.66. The Morgan fingerprint density at radius 2 is 2.06 bits per heavy atom. The highest BCUT2D eigenvalue weighted by Gasteiger charge is 2.44. The molecule has 1 aromatic carbocycles. The summed E-state index contributed by atoms with van der Waals surface area (Å²) in [5, 5.41) is 32.3. The Balaban J connectivity index is 1.80. The van der Waals surface area contributed by atoms with Gasteiger partial charge in [0.2, 0.25) is 5.84 Å². The van der Waals surface area contributed by atoms with Gasteiger partial charge in [-0.3, -0.25) is 20.5 Å².